The molecule has 0 aliphatic heterocycles. The summed E-state index contributed by atoms with van der Waals surface area (Å²) in [7, 11) is 1.13. The van der Waals surface area contributed by atoms with E-state index in [9.17, 15) is 13.2 Å². The van der Waals surface area contributed by atoms with E-state index in [2.05, 4.69) is 5.32 Å². The molecule has 112 valence electrons. The van der Waals surface area contributed by atoms with Crippen LogP contribution in [0, 0.1) is 0 Å². The van der Waals surface area contributed by atoms with Crippen molar-refractivity contribution in [1.82, 2.24) is 9.62 Å². The summed E-state index contributed by atoms with van der Waals surface area (Å²) in [6.07, 6.45) is -0.0940. The summed E-state index contributed by atoms with van der Waals surface area (Å²) in [5, 5.41) is 11.9. The predicted octanol–water partition coefficient (Wildman–Crippen LogP) is 0.846. The van der Waals surface area contributed by atoms with Gasteiger partial charge in [-0.05, 0) is 31.7 Å². The highest BCUT2D eigenvalue weighted by atomic mass is 32.2. The highest BCUT2D eigenvalue weighted by Gasteiger charge is 2.28. The molecule has 0 aliphatic rings. The van der Waals surface area contributed by atoms with Gasteiger partial charge in [0.15, 0.2) is 0 Å². The van der Waals surface area contributed by atoms with E-state index in [4.69, 9.17) is 5.11 Å². The molecule has 7 heteroatoms. The Bertz CT molecular complexity index is 581. The summed E-state index contributed by atoms with van der Waals surface area (Å²) < 4.78 is 25.0. The van der Waals surface area contributed by atoms with Crippen LogP contribution in [-0.2, 0) is 20.4 Å². The lowest BCUT2D eigenvalue weighted by molar-refractivity contribution is -0.138. The Kier molecular flexibility index (Phi) is 4.90. The van der Waals surface area contributed by atoms with Crippen LogP contribution in [0.2, 0.25) is 0 Å². The van der Waals surface area contributed by atoms with Gasteiger partial charge in [-0.25, -0.2) is 12.7 Å². The van der Waals surface area contributed by atoms with Crippen molar-refractivity contribution in [1.29, 1.82) is 0 Å². The number of hydrogen-bond donors (Lipinski definition) is 2. The SMILES string of the molecule is CNC(C)(CC(=O)O)c1ccc(S(=O)(=O)N(C)C)cc1. The molecule has 0 saturated carbocycles. The van der Waals surface area contributed by atoms with Crippen LogP contribution in [0.3, 0.4) is 0 Å². The number of carboxylic acid groups (broad SMARTS) is 1. The van der Waals surface area contributed by atoms with Crippen molar-refractivity contribution in [3.8, 4) is 0 Å². The van der Waals surface area contributed by atoms with Crippen LogP contribution in [0.25, 0.3) is 0 Å². The van der Waals surface area contributed by atoms with Gasteiger partial charge in [-0.2, -0.15) is 0 Å². The highest BCUT2D eigenvalue weighted by molar-refractivity contribution is 7.89. The summed E-state index contributed by atoms with van der Waals surface area (Å²) in [6.45, 7) is 1.76. The molecule has 1 aromatic carbocycles. The molecule has 0 heterocycles. The van der Waals surface area contributed by atoms with E-state index < -0.39 is 21.5 Å². The molecule has 1 aromatic rings. The van der Waals surface area contributed by atoms with Gasteiger partial charge in [0.05, 0.1) is 16.9 Å². The fourth-order valence-electron chi connectivity index (χ4n) is 1.84. The molecule has 1 atom stereocenters. The van der Waals surface area contributed by atoms with Crippen LogP contribution in [-0.4, -0.2) is 44.9 Å². The Hall–Kier alpha value is -1.44. The first-order valence-corrected chi connectivity index (χ1v) is 7.51. The van der Waals surface area contributed by atoms with E-state index >= 15 is 0 Å². The molecule has 0 fully saturated rings. The van der Waals surface area contributed by atoms with Crippen LogP contribution in [0.1, 0.15) is 18.9 Å². The lowest BCUT2D eigenvalue weighted by atomic mass is 9.89. The first-order chi connectivity index (χ1) is 9.13. The Morgan fingerprint density at radius 1 is 1.30 bits per heavy atom. The predicted molar refractivity (Wildman–Crippen MR) is 76.0 cm³/mol. The third-order valence-electron chi connectivity index (χ3n) is 3.33. The number of carbonyl (C=O) groups is 1. The minimum atomic E-state index is -3.47. The second-order valence-corrected chi connectivity index (χ2v) is 7.12. The molecule has 6 nitrogen and oxygen atoms in total. The minimum Gasteiger partial charge on any atom is -0.481 e. The average molecular weight is 300 g/mol. The quantitative estimate of drug-likeness (QED) is 0.813. The van der Waals surface area contributed by atoms with E-state index in [0.29, 0.717) is 0 Å². The van der Waals surface area contributed by atoms with Gasteiger partial charge in [0.25, 0.3) is 0 Å². The zero-order chi connectivity index (χ0) is 15.6. The smallest absolute Gasteiger partial charge is 0.305 e. The normalized spacial score (nSPS) is 15.1. The third-order valence-corrected chi connectivity index (χ3v) is 5.16. The van der Waals surface area contributed by atoms with Crippen LogP contribution < -0.4 is 5.32 Å². The summed E-state index contributed by atoms with van der Waals surface area (Å²) in [5.74, 6) is -0.924. The number of hydrogen-bond acceptors (Lipinski definition) is 4. The third kappa shape index (κ3) is 3.36. The van der Waals surface area contributed by atoms with Gasteiger partial charge in [-0.15, -0.1) is 0 Å². The first-order valence-electron chi connectivity index (χ1n) is 6.07. The fourth-order valence-corrected chi connectivity index (χ4v) is 2.74. The second-order valence-electron chi connectivity index (χ2n) is 4.96. The van der Waals surface area contributed by atoms with Crippen molar-refractivity contribution >= 4 is 16.0 Å². The van der Waals surface area contributed by atoms with Gasteiger partial charge in [-0.3, -0.25) is 4.79 Å². The molecule has 0 bridgehead atoms. The van der Waals surface area contributed by atoms with E-state index in [1.807, 2.05) is 0 Å². The van der Waals surface area contributed by atoms with Gasteiger partial charge in [0, 0.05) is 14.1 Å². The molecule has 0 radical (unpaired) electrons. The van der Waals surface area contributed by atoms with Gasteiger partial charge in [-0.1, -0.05) is 12.1 Å². The average Bonchev–Trinajstić information content (AvgIpc) is 2.37. The molecule has 0 spiro atoms. The maximum absolute atomic E-state index is 12.0. The first kappa shape index (κ1) is 16.6. The number of sulfonamides is 1. The van der Waals surface area contributed by atoms with Gasteiger partial charge >= 0.3 is 5.97 Å². The summed E-state index contributed by atoms with van der Waals surface area (Å²) in [4.78, 5) is 11.1. The van der Waals surface area contributed by atoms with Gasteiger partial charge in [0.2, 0.25) is 10.0 Å². The zero-order valence-corrected chi connectivity index (χ0v) is 12.9. The molecule has 20 heavy (non-hydrogen) atoms. The number of nitrogens with one attached hydrogen (secondary N) is 1. The highest BCUT2D eigenvalue weighted by Crippen LogP contribution is 2.26. The molecule has 2 N–H and O–H groups in total. The van der Waals surface area contributed by atoms with Crippen LogP contribution in [0.15, 0.2) is 29.2 Å². The van der Waals surface area contributed by atoms with Crippen molar-refractivity contribution in [2.24, 2.45) is 0 Å². The Morgan fingerprint density at radius 2 is 1.80 bits per heavy atom. The lowest BCUT2D eigenvalue weighted by Gasteiger charge is -2.28. The Balaban J connectivity index is 3.16. The molecular weight excluding hydrogens is 280 g/mol. The summed E-state index contributed by atoms with van der Waals surface area (Å²) in [6, 6.07) is 6.25. The Labute approximate surface area is 119 Å². The van der Waals surface area contributed by atoms with E-state index in [-0.39, 0.29) is 11.3 Å². The topological polar surface area (TPSA) is 86.7 Å². The van der Waals surface area contributed by atoms with Gasteiger partial charge in [0.1, 0.15) is 0 Å². The molecule has 0 saturated heterocycles. The maximum Gasteiger partial charge on any atom is 0.305 e. The minimum absolute atomic E-state index is 0.0940. The van der Waals surface area contributed by atoms with Crippen molar-refractivity contribution < 1.29 is 18.3 Å². The molecule has 0 aromatic heterocycles. The molecule has 1 unspecified atom stereocenters. The zero-order valence-electron chi connectivity index (χ0n) is 12.0. The summed E-state index contributed by atoms with van der Waals surface area (Å²) in [5.41, 5.74) is -0.0215. The van der Waals surface area contributed by atoms with Crippen molar-refractivity contribution in [3.63, 3.8) is 0 Å². The van der Waals surface area contributed by atoms with Crippen molar-refractivity contribution in [2.45, 2.75) is 23.8 Å². The molecular formula is C13H20N2O4S. The fraction of sp³-hybridized carbons (Fsp3) is 0.462. The number of aliphatic carboxylic acids is 1. The van der Waals surface area contributed by atoms with E-state index in [0.717, 1.165) is 9.87 Å². The Morgan fingerprint density at radius 3 is 2.15 bits per heavy atom. The van der Waals surface area contributed by atoms with Crippen LogP contribution >= 0.6 is 0 Å². The van der Waals surface area contributed by atoms with Gasteiger partial charge < -0.3 is 10.4 Å². The number of carboxylic acids is 1. The standard InChI is InChI=1S/C13H20N2O4S/c1-13(14-2,9-12(16)17)10-5-7-11(8-6-10)20(18,19)15(3)4/h5-8,14H,9H2,1-4H3,(H,16,17). The molecule has 0 amide bonds. The second kappa shape index (κ2) is 5.90. The van der Waals surface area contributed by atoms with Crippen LogP contribution in [0.4, 0.5) is 0 Å². The number of nitrogens with zero attached hydrogens (tertiary/aromatic N) is 1. The van der Waals surface area contributed by atoms with Crippen molar-refractivity contribution in [3.05, 3.63) is 29.8 Å². The lowest BCUT2D eigenvalue weighted by Crippen LogP contribution is -2.39. The monoisotopic (exact) mass is 300 g/mol. The van der Waals surface area contributed by atoms with E-state index in [1.165, 1.54) is 26.2 Å². The van der Waals surface area contributed by atoms with Crippen molar-refractivity contribution in [2.75, 3.05) is 21.1 Å². The van der Waals surface area contributed by atoms with E-state index in [1.54, 1.807) is 26.1 Å². The molecule has 1 rings (SSSR count). The maximum atomic E-state index is 12.0. The largest absolute Gasteiger partial charge is 0.481 e. The van der Waals surface area contributed by atoms with Crippen LogP contribution in [0.5, 0.6) is 0 Å². The molecule has 0 aliphatic carbocycles. The number of benzene rings is 1. The number of rotatable bonds is 6. The summed E-state index contributed by atoms with van der Waals surface area (Å²) >= 11 is 0.